The summed E-state index contributed by atoms with van der Waals surface area (Å²) >= 11 is 1.44. The number of carbonyl (C=O) groups is 1. The van der Waals surface area contributed by atoms with E-state index in [-0.39, 0.29) is 11.7 Å². The predicted molar refractivity (Wildman–Crippen MR) is 138 cm³/mol. The number of fused-ring (bicyclic) bond motifs is 3. The molecular weight excluding hydrogens is 493 g/mol. The van der Waals surface area contributed by atoms with Gasteiger partial charge >= 0.3 is 5.97 Å². The van der Waals surface area contributed by atoms with Crippen molar-refractivity contribution in [3.63, 3.8) is 0 Å². The highest BCUT2D eigenvalue weighted by Gasteiger charge is 2.46. The number of esters is 1. The van der Waals surface area contributed by atoms with Gasteiger partial charge in [0.15, 0.2) is 10.9 Å². The van der Waals surface area contributed by atoms with Crippen molar-refractivity contribution in [1.29, 1.82) is 0 Å². The van der Waals surface area contributed by atoms with Crippen molar-refractivity contribution in [3.05, 3.63) is 40.5 Å². The molecule has 0 spiro atoms. The van der Waals surface area contributed by atoms with Gasteiger partial charge in [-0.2, -0.15) is 0 Å². The molecule has 3 heterocycles. The first-order valence-electron chi connectivity index (χ1n) is 13.6. The molecule has 1 aliphatic heterocycles. The number of rotatable bonds is 7. The second-order valence-corrected chi connectivity index (χ2v) is 12.2. The number of aromatic nitrogens is 2. The van der Waals surface area contributed by atoms with Gasteiger partial charge in [0.1, 0.15) is 11.3 Å². The average Bonchev–Trinajstić information content (AvgIpc) is 3.26. The molecule has 4 fully saturated rings. The van der Waals surface area contributed by atoms with Crippen molar-refractivity contribution in [2.24, 2.45) is 5.92 Å². The topological polar surface area (TPSA) is 77.7 Å². The van der Waals surface area contributed by atoms with Gasteiger partial charge in [0, 0.05) is 35.9 Å². The number of benzene rings is 1. The zero-order valence-electron chi connectivity index (χ0n) is 21.1. The van der Waals surface area contributed by atoms with Gasteiger partial charge in [-0.25, -0.2) is 14.2 Å². The minimum absolute atomic E-state index is 0.208. The highest BCUT2D eigenvalue weighted by atomic mass is 32.1. The van der Waals surface area contributed by atoms with Gasteiger partial charge < -0.3 is 18.9 Å². The molecule has 3 atom stereocenters. The van der Waals surface area contributed by atoms with Crippen LogP contribution in [0.5, 0.6) is 0 Å². The van der Waals surface area contributed by atoms with Crippen LogP contribution in [-0.4, -0.2) is 41.9 Å². The van der Waals surface area contributed by atoms with E-state index in [1.807, 2.05) is 0 Å². The second kappa shape index (κ2) is 9.34. The monoisotopic (exact) mass is 525 g/mol. The first-order valence-corrected chi connectivity index (χ1v) is 14.5. The molecule has 196 valence electrons. The Bertz CT molecular complexity index is 1330. The maximum atomic E-state index is 14.7. The lowest BCUT2D eigenvalue weighted by Gasteiger charge is -2.31. The van der Waals surface area contributed by atoms with E-state index in [4.69, 9.17) is 14.0 Å². The van der Waals surface area contributed by atoms with Crippen LogP contribution in [0.1, 0.15) is 97.0 Å². The lowest BCUT2D eigenvalue weighted by molar-refractivity contribution is 0.0116. The minimum Gasteiger partial charge on any atom is -0.465 e. The van der Waals surface area contributed by atoms with E-state index >= 15 is 0 Å². The van der Waals surface area contributed by atoms with Crippen molar-refractivity contribution < 1.29 is 23.2 Å². The molecule has 0 N–H and O–H groups in total. The first kappa shape index (κ1) is 23.6. The molecule has 2 bridgehead atoms. The Morgan fingerprint density at radius 1 is 1.16 bits per heavy atom. The Labute approximate surface area is 219 Å². The molecule has 3 aliphatic carbocycles. The van der Waals surface area contributed by atoms with Crippen molar-refractivity contribution in [1.82, 2.24) is 10.1 Å². The highest BCUT2D eigenvalue weighted by Crippen LogP contribution is 2.47. The van der Waals surface area contributed by atoms with Crippen LogP contribution in [-0.2, 0) is 16.1 Å². The van der Waals surface area contributed by atoms with Gasteiger partial charge in [-0.1, -0.05) is 35.8 Å². The molecule has 1 aromatic carbocycles. The molecule has 3 saturated carbocycles. The molecule has 3 aromatic rings. The lowest BCUT2D eigenvalue weighted by Crippen LogP contribution is -2.38. The Hall–Kier alpha value is -2.52. The maximum Gasteiger partial charge on any atom is 0.338 e. The fourth-order valence-corrected chi connectivity index (χ4v) is 7.81. The third-order valence-electron chi connectivity index (χ3n) is 8.81. The Kier molecular flexibility index (Phi) is 5.96. The number of anilines is 1. The first-order chi connectivity index (χ1) is 18.1. The van der Waals surface area contributed by atoms with Crippen LogP contribution in [0.25, 0.3) is 10.2 Å². The van der Waals surface area contributed by atoms with E-state index < -0.39 is 11.8 Å². The molecule has 1 saturated heterocycles. The number of hydrogen-bond acceptors (Lipinski definition) is 8. The number of ether oxygens (including phenoxy) is 2. The summed E-state index contributed by atoms with van der Waals surface area (Å²) in [6.07, 6.45) is 10.9. The summed E-state index contributed by atoms with van der Waals surface area (Å²) < 4.78 is 32.6. The quantitative estimate of drug-likeness (QED) is 0.334. The smallest absolute Gasteiger partial charge is 0.338 e. The van der Waals surface area contributed by atoms with Gasteiger partial charge in [0.2, 0.25) is 0 Å². The van der Waals surface area contributed by atoms with Gasteiger partial charge in [-0.05, 0) is 50.7 Å². The van der Waals surface area contributed by atoms with E-state index in [0.717, 1.165) is 36.0 Å². The Balaban J connectivity index is 1.05. The van der Waals surface area contributed by atoms with E-state index in [1.54, 1.807) is 6.07 Å². The van der Waals surface area contributed by atoms with Gasteiger partial charge in [0.05, 0.1) is 35.8 Å². The summed E-state index contributed by atoms with van der Waals surface area (Å²) in [6, 6.07) is 3.22. The molecule has 0 unspecified atom stereocenters. The van der Waals surface area contributed by atoms with E-state index in [1.165, 1.54) is 75.0 Å². The van der Waals surface area contributed by atoms with Crippen LogP contribution >= 0.6 is 11.3 Å². The molecule has 37 heavy (non-hydrogen) atoms. The predicted octanol–water partition coefficient (Wildman–Crippen LogP) is 6.32. The molecule has 0 amide bonds. The summed E-state index contributed by atoms with van der Waals surface area (Å²) in [4.78, 5) is 18.8. The SMILES string of the molecule is COC(=O)c1cc(F)c2nc(N3C[C@@H]4C[C@H]3C[C@H]4OCc3c(C4CCCCC4)noc3C3CC3)sc2c1. The van der Waals surface area contributed by atoms with Crippen LogP contribution in [0.2, 0.25) is 0 Å². The number of hydrogen-bond donors (Lipinski definition) is 0. The van der Waals surface area contributed by atoms with Crippen LogP contribution in [0.3, 0.4) is 0 Å². The zero-order valence-corrected chi connectivity index (χ0v) is 21.9. The number of thiazole rings is 1. The molecular formula is C28H32FN3O4S. The molecule has 0 radical (unpaired) electrons. The van der Waals surface area contributed by atoms with Crippen LogP contribution in [0, 0.1) is 11.7 Å². The second-order valence-electron chi connectivity index (χ2n) is 11.2. The van der Waals surface area contributed by atoms with E-state index in [9.17, 15) is 9.18 Å². The maximum absolute atomic E-state index is 14.7. The third kappa shape index (κ3) is 4.24. The van der Waals surface area contributed by atoms with Crippen molar-refractivity contribution in [2.45, 2.75) is 88.4 Å². The number of nitrogens with zero attached hydrogens (tertiary/aromatic N) is 3. The molecule has 7 rings (SSSR count). The normalized spacial score (nSPS) is 25.9. The van der Waals surface area contributed by atoms with Crippen molar-refractivity contribution in [3.8, 4) is 0 Å². The Morgan fingerprint density at radius 3 is 2.73 bits per heavy atom. The van der Waals surface area contributed by atoms with Gasteiger partial charge in [-0.15, -0.1) is 0 Å². The zero-order chi connectivity index (χ0) is 25.1. The third-order valence-corrected chi connectivity index (χ3v) is 9.85. The van der Waals surface area contributed by atoms with Gasteiger partial charge in [-0.3, -0.25) is 0 Å². The molecule has 7 nitrogen and oxygen atoms in total. The minimum atomic E-state index is -0.541. The van der Waals surface area contributed by atoms with Crippen molar-refractivity contribution in [2.75, 3.05) is 18.6 Å². The summed E-state index contributed by atoms with van der Waals surface area (Å²) in [5.74, 6) is 1.51. The number of halogens is 1. The van der Waals surface area contributed by atoms with Crippen molar-refractivity contribution >= 4 is 32.7 Å². The fraction of sp³-hybridized carbons (Fsp3) is 0.607. The van der Waals surface area contributed by atoms with Crippen LogP contribution in [0.15, 0.2) is 16.7 Å². The average molecular weight is 526 g/mol. The van der Waals surface area contributed by atoms with Crippen LogP contribution < -0.4 is 4.90 Å². The molecule has 9 heteroatoms. The summed E-state index contributed by atoms with van der Waals surface area (Å²) in [6.45, 7) is 1.45. The Morgan fingerprint density at radius 2 is 2.00 bits per heavy atom. The van der Waals surface area contributed by atoms with Crippen LogP contribution in [0.4, 0.5) is 9.52 Å². The highest BCUT2D eigenvalue weighted by molar-refractivity contribution is 7.22. The van der Waals surface area contributed by atoms with Gasteiger partial charge in [0.25, 0.3) is 0 Å². The number of piperidine rings is 1. The summed E-state index contributed by atoms with van der Waals surface area (Å²) in [5, 5.41) is 5.38. The molecule has 4 aliphatic rings. The van der Waals surface area contributed by atoms with E-state index in [2.05, 4.69) is 15.0 Å². The fourth-order valence-electron chi connectivity index (χ4n) is 6.71. The number of methoxy groups -OCH3 is 1. The standard InChI is InChI=1S/C28H32FN3O4S/c1-34-27(33)17-10-21(29)25-23(11-17)37-28(30-25)32-13-18-9-19(32)12-22(18)35-14-20-24(15-5-3-2-4-6-15)31-36-26(20)16-7-8-16/h10-11,15-16,18-19,22H,2-9,12-14H2,1H3/t18-,19-,22+/m0/s1. The summed E-state index contributed by atoms with van der Waals surface area (Å²) in [5.41, 5.74) is 2.93. The van der Waals surface area contributed by atoms with E-state index in [0.29, 0.717) is 40.6 Å². The lowest BCUT2D eigenvalue weighted by atomic mass is 9.85. The number of carbonyl (C=O) groups excluding carboxylic acids is 1. The largest absolute Gasteiger partial charge is 0.465 e. The summed E-state index contributed by atoms with van der Waals surface area (Å²) in [7, 11) is 1.30. The molecule has 2 aromatic heterocycles.